The normalized spacial score (nSPS) is 14.3. The van der Waals surface area contributed by atoms with Crippen molar-refractivity contribution in [3.8, 4) is 11.3 Å². The highest BCUT2D eigenvalue weighted by Gasteiger charge is 2.24. The number of nitrogens with zero attached hydrogens (tertiary/aromatic N) is 4. The fourth-order valence-corrected chi connectivity index (χ4v) is 3.23. The molecule has 0 aliphatic carbocycles. The van der Waals surface area contributed by atoms with Gasteiger partial charge in [-0.25, -0.2) is 0 Å². The Bertz CT molecular complexity index is 865. The van der Waals surface area contributed by atoms with E-state index in [0.717, 1.165) is 29.8 Å². The minimum Gasteiger partial charge on any atom is -0.338 e. The lowest BCUT2D eigenvalue weighted by Gasteiger charge is -2.19. The van der Waals surface area contributed by atoms with Gasteiger partial charge in [-0.1, -0.05) is 30.3 Å². The average Bonchev–Trinajstić information content (AvgIpc) is 3.16. The molecule has 0 radical (unpaired) electrons. The molecule has 3 aromatic rings. The van der Waals surface area contributed by atoms with Gasteiger partial charge in [-0.2, -0.15) is 10.2 Å². The van der Waals surface area contributed by atoms with Crippen LogP contribution in [-0.2, 0) is 19.9 Å². The Morgan fingerprint density at radius 2 is 1.96 bits per heavy atom. The number of nitrogens with one attached hydrogen (secondary N) is 1. The van der Waals surface area contributed by atoms with Gasteiger partial charge in [0.1, 0.15) is 0 Å². The summed E-state index contributed by atoms with van der Waals surface area (Å²) in [7, 11) is 1.82. The maximum Gasteiger partial charge on any atom is 0.257 e. The van der Waals surface area contributed by atoms with E-state index in [1.54, 1.807) is 17.1 Å². The molecule has 0 bridgehead atoms. The molecule has 1 aromatic carbocycles. The van der Waals surface area contributed by atoms with E-state index in [2.05, 4.69) is 27.4 Å². The molecule has 6 nitrogen and oxygen atoms in total. The highest BCUT2D eigenvalue weighted by Crippen LogP contribution is 2.26. The Kier molecular flexibility index (Phi) is 3.65. The van der Waals surface area contributed by atoms with E-state index < -0.39 is 0 Å². The lowest BCUT2D eigenvalue weighted by molar-refractivity contribution is 0.0762. The van der Waals surface area contributed by atoms with Crippen molar-refractivity contribution in [3.05, 3.63) is 59.5 Å². The van der Waals surface area contributed by atoms with E-state index >= 15 is 0 Å². The van der Waals surface area contributed by atoms with Gasteiger partial charge in [-0.15, -0.1) is 0 Å². The van der Waals surface area contributed by atoms with E-state index in [1.807, 2.05) is 30.1 Å². The van der Waals surface area contributed by atoms with Crippen LogP contribution in [-0.4, -0.2) is 43.9 Å². The first-order valence-electron chi connectivity index (χ1n) is 8.12. The molecular formula is C18H19N5O. The first-order valence-corrected chi connectivity index (χ1v) is 8.12. The molecule has 1 N–H and O–H groups in total. The van der Waals surface area contributed by atoms with Crippen molar-refractivity contribution >= 4 is 5.91 Å². The summed E-state index contributed by atoms with van der Waals surface area (Å²) in [6.07, 6.45) is 5.00. The molecule has 0 fully saturated rings. The average molecular weight is 321 g/mol. The van der Waals surface area contributed by atoms with Crippen molar-refractivity contribution in [2.45, 2.75) is 12.8 Å². The SMILES string of the molecule is Cn1cc(C(=O)N2CCc3[nH]nc(-c4ccccc4)c3CC2)cn1. The first-order chi connectivity index (χ1) is 11.7. The minimum atomic E-state index is 0.0440. The minimum absolute atomic E-state index is 0.0440. The molecule has 1 amide bonds. The van der Waals surface area contributed by atoms with Crippen LogP contribution in [0, 0.1) is 0 Å². The molecular weight excluding hydrogens is 302 g/mol. The number of H-pyrrole nitrogens is 1. The predicted molar refractivity (Wildman–Crippen MR) is 90.5 cm³/mol. The van der Waals surface area contributed by atoms with Gasteiger partial charge in [-0.3, -0.25) is 14.6 Å². The summed E-state index contributed by atoms with van der Waals surface area (Å²) in [4.78, 5) is 14.5. The van der Waals surface area contributed by atoms with E-state index in [9.17, 15) is 4.79 Å². The number of aromatic amines is 1. The van der Waals surface area contributed by atoms with Crippen LogP contribution in [0.15, 0.2) is 42.7 Å². The van der Waals surface area contributed by atoms with Crippen LogP contribution in [0.4, 0.5) is 0 Å². The number of hydrogen-bond donors (Lipinski definition) is 1. The molecule has 0 spiro atoms. The molecule has 6 heteroatoms. The van der Waals surface area contributed by atoms with Crippen molar-refractivity contribution < 1.29 is 4.79 Å². The van der Waals surface area contributed by atoms with Crippen LogP contribution in [0.3, 0.4) is 0 Å². The third-order valence-corrected chi connectivity index (χ3v) is 4.50. The number of aryl methyl sites for hydroxylation is 1. The smallest absolute Gasteiger partial charge is 0.257 e. The fourth-order valence-electron chi connectivity index (χ4n) is 3.23. The van der Waals surface area contributed by atoms with Gasteiger partial charge in [0.25, 0.3) is 5.91 Å². The highest BCUT2D eigenvalue weighted by molar-refractivity contribution is 5.93. The van der Waals surface area contributed by atoms with Crippen LogP contribution in [0.2, 0.25) is 0 Å². The Labute approximate surface area is 140 Å². The van der Waals surface area contributed by atoms with Crippen LogP contribution in [0.25, 0.3) is 11.3 Å². The molecule has 24 heavy (non-hydrogen) atoms. The lowest BCUT2D eigenvalue weighted by atomic mass is 10.0. The quantitative estimate of drug-likeness (QED) is 0.785. The Morgan fingerprint density at radius 1 is 1.17 bits per heavy atom. The molecule has 0 unspecified atom stereocenters. The van der Waals surface area contributed by atoms with Gasteiger partial charge in [-0.05, 0) is 6.42 Å². The number of fused-ring (bicyclic) bond motifs is 1. The van der Waals surface area contributed by atoms with Crippen molar-refractivity contribution in [3.63, 3.8) is 0 Å². The largest absolute Gasteiger partial charge is 0.338 e. The Balaban J connectivity index is 1.57. The second-order valence-electron chi connectivity index (χ2n) is 6.09. The molecule has 2 aromatic heterocycles. The summed E-state index contributed by atoms with van der Waals surface area (Å²) in [6, 6.07) is 10.2. The molecule has 1 aliphatic rings. The summed E-state index contributed by atoms with van der Waals surface area (Å²) in [5.41, 5.74) is 5.12. The lowest BCUT2D eigenvalue weighted by Crippen LogP contribution is -2.33. The Morgan fingerprint density at radius 3 is 2.71 bits per heavy atom. The van der Waals surface area contributed by atoms with Gasteiger partial charge in [0.2, 0.25) is 0 Å². The fraction of sp³-hybridized carbons (Fsp3) is 0.278. The number of rotatable bonds is 2. The summed E-state index contributed by atoms with van der Waals surface area (Å²) in [5, 5.41) is 11.8. The molecule has 1 aliphatic heterocycles. The predicted octanol–water partition coefficient (Wildman–Crippen LogP) is 2.05. The standard InChI is InChI=1S/C18H19N5O/c1-22-12-14(11-19-22)18(24)23-9-7-15-16(8-10-23)20-21-17(15)13-5-3-2-4-6-13/h2-6,11-12H,7-10H2,1H3,(H,20,21). The molecule has 0 saturated carbocycles. The monoisotopic (exact) mass is 321 g/mol. The van der Waals surface area contributed by atoms with Crippen LogP contribution in [0.1, 0.15) is 21.6 Å². The second kappa shape index (κ2) is 5.96. The summed E-state index contributed by atoms with van der Waals surface area (Å²) in [5.74, 6) is 0.0440. The summed E-state index contributed by atoms with van der Waals surface area (Å²) >= 11 is 0. The number of amides is 1. The molecule has 122 valence electrons. The van der Waals surface area contributed by atoms with Crippen LogP contribution >= 0.6 is 0 Å². The van der Waals surface area contributed by atoms with Crippen molar-refractivity contribution in [1.29, 1.82) is 0 Å². The zero-order chi connectivity index (χ0) is 16.5. The number of benzene rings is 1. The van der Waals surface area contributed by atoms with Crippen LogP contribution < -0.4 is 0 Å². The van der Waals surface area contributed by atoms with Crippen molar-refractivity contribution in [1.82, 2.24) is 24.9 Å². The van der Waals surface area contributed by atoms with Gasteiger partial charge in [0.15, 0.2) is 0 Å². The number of carbonyl (C=O) groups excluding carboxylic acids is 1. The molecule has 0 atom stereocenters. The summed E-state index contributed by atoms with van der Waals surface area (Å²) < 4.78 is 1.66. The highest BCUT2D eigenvalue weighted by atomic mass is 16.2. The topological polar surface area (TPSA) is 66.8 Å². The van der Waals surface area contributed by atoms with Gasteiger partial charge in [0.05, 0.1) is 17.5 Å². The molecule has 3 heterocycles. The number of carbonyl (C=O) groups is 1. The molecule has 4 rings (SSSR count). The third kappa shape index (κ3) is 2.60. The number of hydrogen-bond acceptors (Lipinski definition) is 3. The number of aromatic nitrogens is 4. The van der Waals surface area contributed by atoms with Crippen LogP contribution in [0.5, 0.6) is 0 Å². The zero-order valence-electron chi connectivity index (χ0n) is 13.6. The van der Waals surface area contributed by atoms with E-state index in [1.165, 1.54) is 5.56 Å². The van der Waals surface area contributed by atoms with E-state index in [-0.39, 0.29) is 5.91 Å². The maximum atomic E-state index is 12.6. The maximum absolute atomic E-state index is 12.6. The summed E-state index contributed by atoms with van der Waals surface area (Å²) in [6.45, 7) is 1.39. The van der Waals surface area contributed by atoms with Crippen molar-refractivity contribution in [2.24, 2.45) is 7.05 Å². The first kappa shape index (κ1) is 14.7. The van der Waals surface area contributed by atoms with Gasteiger partial charge < -0.3 is 4.90 Å². The molecule has 0 saturated heterocycles. The Hall–Kier alpha value is -2.89. The van der Waals surface area contributed by atoms with Crippen molar-refractivity contribution in [2.75, 3.05) is 13.1 Å². The van der Waals surface area contributed by atoms with Gasteiger partial charge >= 0.3 is 0 Å². The van der Waals surface area contributed by atoms with E-state index in [0.29, 0.717) is 18.7 Å². The zero-order valence-corrected chi connectivity index (χ0v) is 13.6. The second-order valence-corrected chi connectivity index (χ2v) is 6.09. The van der Waals surface area contributed by atoms with Gasteiger partial charge in [0, 0.05) is 49.6 Å². The van der Waals surface area contributed by atoms with E-state index in [4.69, 9.17) is 0 Å². The third-order valence-electron chi connectivity index (χ3n) is 4.50.